The highest BCUT2D eigenvalue weighted by Gasteiger charge is 2.22. The molecule has 1 aromatic rings. The predicted octanol–water partition coefficient (Wildman–Crippen LogP) is 0.0940. The number of amides is 1. The van der Waals surface area contributed by atoms with E-state index >= 15 is 0 Å². The third-order valence-corrected chi connectivity index (χ3v) is 4.17. The molecule has 4 N–H and O–H groups in total. The number of carbonyl (C=O) groups is 1. The molecule has 1 aromatic carbocycles. The monoisotopic (exact) mass is 319 g/mol. The summed E-state index contributed by atoms with van der Waals surface area (Å²) in [4.78, 5) is 11.0. The lowest BCUT2D eigenvalue weighted by Crippen LogP contribution is -2.37. The van der Waals surface area contributed by atoms with Crippen molar-refractivity contribution in [3.8, 4) is 0 Å². The van der Waals surface area contributed by atoms with E-state index in [0.29, 0.717) is 12.1 Å². The number of nitrogens with two attached hydrogens (primary N) is 1. The summed E-state index contributed by atoms with van der Waals surface area (Å²) in [5.74, 6) is -3.29. The molecule has 1 amide bonds. The van der Waals surface area contributed by atoms with E-state index in [1.807, 2.05) is 0 Å². The van der Waals surface area contributed by atoms with Crippen LogP contribution in [0.2, 0.25) is 0 Å². The second kappa shape index (κ2) is 6.04. The van der Waals surface area contributed by atoms with Crippen LogP contribution < -0.4 is 15.8 Å². The normalized spacial score (nSPS) is 18.7. The summed E-state index contributed by atoms with van der Waals surface area (Å²) < 4.78 is 49.4. The Hall–Kier alpha value is -1.58. The van der Waals surface area contributed by atoms with Gasteiger partial charge in [-0.2, -0.15) is 0 Å². The fourth-order valence-corrected chi connectivity index (χ4v) is 2.78. The van der Waals surface area contributed by atoms with Crippen molar-refractivity contribution in [3.63, 3.8) is 0 Å². The highest BCUT2D eigenvalue weighted by Crippen LogP contribution is 2.18. The van der Waals surface area contributed by atoms with Crippen molar-refractivity contribution in [2.24, 2.45) is 5.14 Å². The molecule has 0 aromatic heterocycles. The fraction of sp³-hybridized carbons (Fsp3) is 0.417. The van der Waals surface area contributed by atoms with Crippen LogP contribution in [0.15, 0.2) is 17.0 Å². The highest BCUT2D eigenvalue weighted by molar-refractivity contribution is 7.89. The molecule has 6 nitrogen and oxygen atoms in total. The molecule has 2 rings (SSSR count). The van der Waals surface area contributed by atoms with E-state index in [9.17, 15) is 22.0 Å². The summed E-state index contributed by atoms with van der Waals surface area (Å²) >= 11 is 0. The van der Waals surface area contributed by atoms with E-state index in [4.69, 9.17) is 5.14 Å². The number of nitrogens with one attached hydrogen (secondary N) is 2. The molecule has 9 heteroatoms. The third kappa shape index (κ3) is 3.74. The Kier molecular flexibility index (Phi) is 4.55. The fourth-order valence-electron chi connectivity index (χ4n) is 2.16. The lowest BCUT2D eigenvalue weighted by atomic mass is 10.1. The second-order valence-electron chi connectivity index (χ2n) is 4.81. The molecule has 0 bridgehead atoms. The Labute approximate surface area is 120 Å². The van der Waals surface area contributed by atoms with Gasteiger partial charge in [0.2, 0.25) is 10.0 Å². The van der Waals surface area contributed by atoms with Crippen molar-refractivity contribution in [3.05, 3.63) is 29.3 Å². The van der Waals surface area contributed by atoms with E-state index in [1.54, 1.807) is 0 Å². The lowest BCUT2D eigenvalue weighted by Gasteiger charge is -2.12. The molecule has 1 atom stereocenters. The molecule has 1 aliphatic rings. The molecule has 21 heavy (non-hydrogen) atoms. The number of sulfonamides is 1. The quantitative estimate of drug-likeness (QED) is 0.732. The largest absolute Gasteiger partial charge is 0.350 e. The highest BCUT2D eigenvalue weighted by atomic mass is 32.2. The van der Waals surface area contributed by atoms with Crippen molar-refractivity contribution < 1.29 is 22.0 Å². The first-order chi connectivity index (χ1) is 9.79. The zero-order valence-electron chi connectivity index (χ0n) is 11.0. The van der Waals surface area contributed by atoms with Gasteiger partial charge < -0.3 is 10.6 Å². The Morgan fingerprint density at radius 1 is 1.38 bits per heavy atom. The summed E-state index contributed by atoms with van der Waals surface area (Å²) in [6.07, 6.45) is 1.87. The molecule has 1 aliphatic heterocycles. The number of rotatable bonds is 4. The van der Waals surface area contributed by atoms with Gasteiger partial charge in [-0.3, -0.25) is 4.79 Å². The topological polar surface area (TPSA) is 101 Å². The van der Waals surface area contributed by atoms with Crippen LogP contribution in [-0.2, 0) is 10.0 Å². The summed E-state index contributed by atoms with van der Waals surface area (Å²) in [6, 6.07) is 1.04. The van der Waals surface area contributed by atoms with Gasteiger partial charge in [0.25, 0.3) is 5.91 Å². The number of carbonyl (C=O) groups excluding carboxylic acids is 1. The lowest BCUT2D eigenvalue weighted by molar-refractivity contribution is 0.0946. The Bertz CT molecular complexity index is 658. The zero-order valence-corrected chi connectivity index (χ0v) is 11.8. The van der Waals surface area contributed by atoms with Gasteiger partial charge in [0.15, 0.2) is 0 Å². The molecular weight excluding hydrogens is 304 g/mol. The average Bonchev–Trinajstić information content (AvgIpc) is 2.87. The SMILES string of the molecule is NS(=O)(=O)c1cc(C(=O)NC[C@@H]2CCCN2)c(F)cc1F. The van der Waals surface area contributed by atoms with Gasteiger partial charge in [0, 0.05) is 18.7 Å². The Morgan fingerprint density at radius 2 is 2.10 bits per heavy atom. The first-order valence-electron chi connectivity index (χ1n) is 6.32. The summed E-state index contributed by atoms with van der Waals surface area (Å²) in [5.41, 5.74) is -0.557. The van der Waals surface area contributed by atoms with Crippen LogP contribution in [-0.4, -0.2) is 33.5 Å². The molecule has 0 radical (unpaired) electrons. The van der Waals surface area contributed by atoms with Crippen molar-refractivity contribution in [1.29, 1.82) is 0 Å². The summed E-state index contributed by atoms with van der Waals surface area (Å²) in [7, 11) is -4.37. The van der Waals surface area contributed by atoms with E-state index in [1.165, 1.54) is 0 Å². The van der Waals surface area contributed by atoms with Crippen LogP contribution in [0, 0.1) is 11.6 Å². The van der Waals surface area contributed by atoms with Gasteiger partial charge in [-0.05, 0) is 25.5 Å². The molecule has 0 saturated carbocycles. The van der Waals surface area contributed by atoms with Crippen LogP contribution in [0.3, 0.4) is 0 Å². The van der Waals surface area contributed by atoms with Gasteiger partial charge in [-0.25, -0.2) is 22.3 Å². The van der Waals surface area contributed by atoms with Gasteiger partial charge in [0.1, 0.15) is 16.5 Å². The smallest absolute Gasteiger partial charge is 0.254 e. The third-order valence-electron chi connectivity index (χ3n) is 3.24. The minimum atomic E-state index is -4.37. The number of primary sulfonamides is 1. The van der Waals surface area contributed by atoms with Gasteiger partial charge in [-0.1, -0.05) is 0 Å². The standard InChI is InChI=1S/C12H15F2N3O3S/c13-9-5-10(14)11(21(15,19)20)4-8(9)12(18)17-6-7-2-1-3-16-7/h4-5,7,16H,1-3,6H2,(H,17,18)(H2,15,19,20)/t7-/m0/s1. The maximum Gasteiger partial charge on any atom is 0.254 e. The van der Waals surface area contributed by atoms with Crippen LogP contribution in [0.4, 0.5) is 8.78 Å². The predicted molar refractivity (Wildman–Crippen MR) is 71.1 cm³/mol. The van der Waals surface area contributed by atoms with Crippen LogP contribution in [0.25, 0.3) is 0 Å². The van der Waals surface area contributed by atoms with Crippen molar-refractivity contribution in [1.82, 2.24) is 10.6 Å². The average molecular weight is 319 g/mol. The number of hydrogen-bond donors (Lipinski definition) is 3. The van der Waals surface area contributed by atoms with Crippen LogP contribution in [0.1, 0.15) is 23.2 Å². The maximum absolute atomic E-state index is 13.6. The number of halogens is 2. The summed E-state index contributed by atoms with van der Waals surface area (Å²) in [5, 5.41) is 10.4. The van der Waals surface area contributed by atoms with Crippen molar-refractivity contribution in [2.45, 2.75) is 23.8 Å². The minimum Gasteiger partial charge on any atom is -0.350 e. The minimum absolute atomic E-state index is 0.0928. The zero-order chi connectivity index (χ0) is 15.6. The molecule has 1 heterocycles. The molecule has 1 saturated heterocycles. The number of benzene rings is 1. The second-order valence-corrected chi connectivity index (χ2v) is 6.34. The maximum atomic E-state index is 13.6. The first-order valence-corrected chi connectivity index (χ1v) is 7.87. The summed E-state index contributed by atoms with van der Waals surface area (Å²) in [6.45, 7) is 1.13. The molecule has 0 aliphatic carbocycles. The van der Waals surface area contributed by atoms with Crippen molar-refractivity contribution >= 4 is 15.9 Å². The van der Waals surface area contributed by atoms with Crippen LogP contribution >= 0.6 is 0 Å². The Balaban J connectivity index is 2.20. The van der Waals surface area contributed by atoms with Gasteiger partial charge >= 0.3 is 0 Å². The molecule has 116 valence electrons. The Morgan fingerprint density at radius 3 is 2.67 bits per heavy atom. The van der Waals surface area contributed by atoms with E-state index < -0.39 is 38.0 Å². The molecule has 1 fully saturated rings. The van der Waals surface area contributed by atoms with Crippen LogP contribution in [0.5, 0.6) is 0 Å². The molecular formula is C12H15F2N3O3S. The molecule has 0 spiro atoms. The van der Waals surface area contributed by atoms with E-state index in [-0.39, 0.29) is 12.6 Å². The van der Waals surface area contributed by atoms with Crippen molar-refractivity contribution in [2.75, 3.05) is 13.1 Å². The number of hydrogen-bond acceptors (Lipinski definition) is 4. The first kappa shape index (κ1) is 15.8. The van der Waals surface area contributed by atoms with E-state index in [0.717, 1.165) is 19.4 Å². The van der Waals surface area contributed by atoms with Gasteiger partial charge in [0.05, 0.1) is 5.56 Å². The van der Waals surface area contributed by atoms with E-state index in [2.05, 4.69) is 10.6 Å². The van der Waals surface area contributed by atoms with Gasteiger partial charge in [-0.15, -0.1) is 0 Å². The molecule has 0 unspecified atom stereocenters.